The minimum Gasteiger partial charge on any atom is -0.345 e. The fourth-order valence-electron chi connectivity index (χ4n) is 2.74. The number of rotatable bonds is 7. The summed E-state index contributed by atoms with van der Waals surface area (Å²) in [6.07, 6.45) is 5.90. The number of imidazole rings is 1. The fraction of sp³-hybridized carbons (Fsp3) is 0.389. The second-order valence-electron chi connectivity index (χ2n) is 6.24. The minimum absolute atomic E-state index is 0.0254. The van der Waals surface area contributed by atoms with Crippen LogP contribution in [-0.4, -0.2) is 27.1 Å². The predicted molar refractivity (Wildman–Crippen MR) is 98.3 cm³/mol. The van der Waals surface area contributed by atoms with Gasteiger partial charge in [0.15, 0.2) is 0 Å². The number of carbonyl (C=O) groups is 2. The first-order chi connectivity index (χ1) is 12.0. The molecular weight excluding hydrogens is 336 g/mol. The quantitative estimate of drug-likeness (QED) is 0.746. The van der Waals surface area contributed by atoms with Crippen LogP contribution in [0.5, 0.6) is 0 Å². The van der Waals surface area contributed by atoms with Crippen molar-refractivity contribution in [2.24, 2.45) is 13.0 Å². The molecule has 1 aliphatic carbocycles. The SMILES string of the molecule is CC(=O)Nc1ccccc1SCC(=O)N[C@@H](c1nccn1C)C1CC1. The van der Waals surface area contributed by atoms with Gasteiger partial charge in [-0.15, -0.1) is 11.8 Å². The number of hydrogen-bond donors (Lipinski definition) is 2. The molecule has 0 spiro atoms. The second kappa shape index (κ2) is 7.74. The third-order valence-corrected chi connectivity index (χ3v) is 5.18. The second-order valence-corrected chi connectivity index (χ2v) is 7.26. The molecule has 1 atom stereocenters. The largest absolute Gasteiger partial charge is 0.345 e. The van der Waals surface area contributed by atoms with E-state index in [1.807, 2.05) is 42.1 Å². The number of para-hydroxylation sites is 1. The molecule has 2 amide bonds. The van der Waals surface area contributed by atoms with Crippen LogP contribution < -0.4 is 10.6 Å². The van der Waals surface area contributed by atoms with Gasteiger partial charge in [0.05, 0.1) is 17.5 Å². The molecule has 1 saturated carbocycles. The highest BCUT2D eigenvalue weighted by molar-refractivity contribution is 8.00. The Morgan fingerprint density at radius 3 is 2.76 bits per heavy atom. The maximum Gasteiger partial charge on any atom is 0.230 e. The smallest absolute Gasteiger partial charge is 0.230 e. The van der Waals surface area contributed by atoms with Gasteiger partial charge in [0, 0.05) is 31.3 Å². The zero-order valence-corrected chi connectivity index (χ0v) is 15.2. The summed E-state index contributed by atoms with van der Waals surface area (Å²) in [6, 6.07) is 7.47. The van der Waals surface area contributed by atoms with Crippen molar-refractivity contribution in [1.82, 2.24) is 14.9 Å². The third-order valence-electron chi connectivity index (χ3n) is 4.10. The van der Waals surface area contributed by atoms with Gasteiger partial charge in [-0.25, -0.2) is 4.98 Å². The van der Waals surface area contributed by atoms with E-state index in [1.165, 1.54) is 18.7 Å². The van der Waals surface area contributed by atoms with Crippen molar-refractivity contribution in [3.05, 3.63) is 42.5 Å². The van der Waals surface area contributed by atoms with E-state index < -0.39 is 0 Å². The van der Waals surface area contributed by atoms with E-state index in [-0.39, 0.29) is 17.9 Å². The number of aromatic nitrogens is 2. The lowest BCUT2D eigenvalue weighted by atomic mass is 10.1. The Balaban J connectivity index is 1.61. The van der Waals surface area contributed by atoms with Crippen molar-refractivity contribution < 1.29 is 9.59 Å². The van der Waals surface area contributed by atoms with Crippen LogP contribution in [0.2, 0.25) is 0 Å². The van der Waals surface area contributed by atoms with E-state index in [0.29, 0.717) is 11.7 Å². The molecule has 0 aliphatic heterocycles. The Morgan fingerprint density at radius 2 is 2.12 bits per heavy atom. The van der Waals surface area contributed by atoms with Crippen LogP contribution in [0.1, 0.15) is 31.6 Å². The predicted octanol–water partition coefficient (Wildman–Crippen LogP) is 2.74. The minimum atomic E-state index is -0.124. The number of benzene rings is 1. The summed E-state index contributed by atoms with van der Waals surface area (Å²) in [4.78, 5) is 29.0. The van der Waals surface area contributed by atoms with Gasteiger partial charge in [0.1, 0.15) is 5.82 Å². The van der Waals surface area contributed by atoms with Crippen molar-refractivity contribution in [3.63, 3.8) is 0 Å². The van der Waals surface area contributed by atoms with Crippen LogP contribution in [0.4, 0.5) is 5.69 Å². The molecule has 7 heteroatoms. The summed E-state index contributed by atoms with van der Waals surface area (Å²) >= 11 is 1.42. The molecule has 1 aromatic carbocycles. The Kier molecular flexibility index (Phi) is 5.43. The Hall–Kier alpha value is -2.28. The lowest BCUT2D eigenvalue weighted by Crippen LogP contribution is -2.32. The highest BCUT2D eigenvalue weighted by atomic mass is 32.2. The molecular formula is C18H22N4O2S. The topological polar surface area (TPSA) is 76.0 Å². The lowest BCUT2D eigenvalue weighted by Gasteiger charge is -2.18. The molecule has 1 aromatic heterocycles. The van der Waals surface area contributed by atoms with Crippen molar-refractivity contribution in [3.8, 4) is 0 Å². The van der Waals surface area contributed by atoms with E-state index in [2.05, 4.69) is 15.6 Å². The van der Waals surface area contributed by atoms with E-state index >= 15 is 0 Å². The number of nitrogens with one attached hydrogen (secondary N) is 2. The number of anilines is 1. The van der Waals surface area contributed by atoms with E-state index in [9.17, 15) is 9.59 Å². The van der Waals surface area contributed by atoms with Crippen molar-refractivity contribution in [2.45, 2.75) is 30.7 Å². The number of thioether (sulfide) groups is 1. The number of amides is 2. The third kappa shape index (κ3) is 4.63. The maximum atomic E-state index is 12.4. The molecule has 6 nitrogen and oxygen atoms in total. The average molecular weight is 358 g/mol. The summed E-state index contributed by atoms with van der Waals surface area (Å²) < 4.78 is 1.96. The van der Waals surface area contributed by atoms with Gasteiger partial charge in [-0.3, -0.25) is 9.59 Å². The fourth-order valence-corrected chi connectivity index (χ4v) is 3.56. The van der Waals surface area contributed by atoms with Crippen LogP contribution in [0.3, 0.4) is 0 Å². The molecule has 132 valence electrons. The summed E-state index contributed by atoms with van der Waals surface area (Å²) in [5, 5.41) is 5.91. The lowest BCUT2D eigenvalue weighted by molar-refractivity contribution is -0.119. The number of carbonyl (C=O) groups excluding carboxylic acids is 2. The standard InChI is InChI=1S/C18H22N4O2S/c1-12(23)20-14-5-3-4-6-15(14)25-11-16(24)21-17(13-7-8-13)18-19-9-10-22(18)2/h3-6,9-10,13,17H,7-8,11H2,1-2H3,(H,20,23)(H,21,24)/t17-/m1/s1. The van der Waals surface area contributed by atoms with Gasteiger partial charge in [0.2, 0.25) is 11.8 Å². The first kappa shape index (κ1) is 17.5. The molecule has 0 bridgehead atoms. The number of nitrogens with zero attached hydrogens (tertiary/aromatic N) is 2. The number of hydrogen-bond acceptors (Lipinski definition) is 4. The van der Waals surface area contributed by atoms with Gasteiger partial charge in [-0.2, -0.15) is 0 Å². The van der Waals surface area contributed by atoms with E-state index in [1.54, 1.807) is 6.20 Å². The first-order valence-corrected chi connectivity index (χ1v) is 9.29. The summed E-state index contributed by atoms with van der Waals surface area (Å²) in [6.45, 7) is 1.47. The van der Waals surface area contributed by atoms with Crippen LogP contribution in [0.25, 0.3) is 0 Å². The molecule has 0 unspecified atom stereocenters. The normalized spacial score (nSPS) is 14.8. The van der Waals surface area contributed by atoms with Gasteiger partial charge in [-0.05, 0) is 30.9 Å². The highest BCUT2D eigenvalue weighted by Gasteiger charge is 2.35. The average Bonchev–Trinajstić information content (AvgIpc) is 3.33. The Labute approximate surface area is 151 Å². The highest BCUT2D eigenvalue weighted by Crippen LogP contribution is 2.40. The summed E-state index contributed by atoms with van der Waals surface area (Å²) in [7, 11) is 1.95. The maximum absolute atomic E-state index is 12.4. The van der Waals surface area contributed by atoms with Crippen LogP contribution in [0.15, 0.2) is 41.6 Å². The number of aryl methyl sites for hydroxylation is 1. The van der Waals surface area contributed by atoms with Gasteiger partial charge >= 0.3 is 0 Å². The zero-order chi connectivity index (χ0) is 17.8. The van der Waals surface area contributed by atoms with Crippen LogP contribution in [-0.2, 0) is 16.6 Å². The summed E-state index contributed by atoms with van der Waals surface area (Å²) in [5.41, 5.74) is 0.732. The molecule has 2 N–H and O–H groups in total. The van der Waals surface area contributed by atoms with Gasteiger partial charge < -0.3 is 15.2 Å². The Morgan fingerprint density at radius 1 is 1.36 bits per heavy atom. The van der Waals surface area contributed by atoms with Crippen molar-refractivity contribution in [1.29, 1.82) is 0 Å². The van der Waals surface area contributed by atoms with Crippen molar-refractivity contribution in [2.75, 3.05) is 11.1 Å². The Bertz CT molecular complexity index is 770. The van der Waals surface area contributed by atoms with E-state index in [0.717, 1.165) is 29.2 Å². The monoisotopic (exact) mass is 358 g/mol. The van der Waals surface area contributed by atoms with Gasteiger partial charge in [-0.1, -0.05) is 12.1 Å². The molecule has 0 radical (unpaired) electrons. The van der Waals surface area contributed by atoms with E-state index in [4.69, 9.17) is 0 Å². The molecule has 1 fully saturated rings. The van der Waals surface area contributed by atoms with Crippen LogP contribution >= 0.6 is 11.8 Å². The molecule has 1 aliphatic rings. The molecule has 1 heterocycles. The summed E-state index contributed by atoms with van der Waals surface area (Å²) in [5.74, 6) is 1.52. The van der Waals surface area contributed by atoms with Gasteiger partial charge in [0.25, 0.3) is 0 Å². The first-order valence-electron chi connectivity index (χ1n) is 8.30. The molecule has 0 saturated heterocycles. The molecule has 3 rings (SSSR count). The van der Waals surface area contributed by atoms with Crippen molar-refractivity contribution >= 4 is 29.3 Å². The molecule has 25 heavy (non-hydrogen) atoms. The van der Waals surface area contributed by atoms with Crippen LogP contribution in [0, 0.1) is 5.92 Å². The molecule has 2 aromatic rings. The zero-order valence-electron chi connectivity index (χ0n) is 14.4.